The number of nitrogen functional groups attached to an aromatic ring is 1. The highest BCUT2D eigenvalue weighted by Crippen LogP contribution is 2.39. The predicted molar refractivity (Wildman–Crippen MR) is 132 cm³/mol. The lowest BCUT2D eigenvalue weighted by Gasteiger charge is -2.35. The molecule has 0 bridgehead atoms. The monoisotopic (exact) mass is 610 g/mol. The number of nitrogens with two attached hydrogens (primary N) is 1. The number of aliphatic carboxylic acids is 1. The van der Waals surface area contributed by atoms with E-state index in [0.29, 0.717) is 31.9 Å². The zero-order chi connectivity index (χ0) is 25.3. The third-order valence-electron chi connectivity index (χ3n) is 5.43. The third-order valence-corrected chi connectivity index (χ3v) is 7.21. The summed E-state index contributed by atoms with van der Waals surface area (Å²) in [5.74, 6) is -1.30. The first-order valence-electron chi connectivity index (χ1n) is 10.4. The number of nitrogens with zero attached hydrogens (tertiary/aromatic N) is 1. The fourth-order valence-corrected chi connectivity index (χ4v) is 4.33. The van der Waals surface area contributed by atoms with Crippen molar-refractivity contribution in [2.24, 2.45) is 0 Å². The van der Waals surface area contributed by atoms with Crippen LogP contribution in [0.2, 0.25) is 0 Å². The molecular formula is C21H22Br2N7O5+. The lowest BCUT2D eigenvalue weighted by molar-refractivity contribution is -0.405. The number of aromatic nitrogens is 3. The molecule has 1 aliphatic rings. The Balaban J connectivity index is 1.61. The molecule has 0 radical (unpaired) electrons. The first-order valence-corrected chi connectivity index (χ1v) is 12.0. The number of carbonyl (C=O) groups excluding carboxylic acids is 2. The highest BCUT2D eigenvalue weighted by molar-refractivity contribution is 9.13. The van der Waals surface area contributed by atoms with E-state index in [1.54, 1.807) is 24.3 Å². The molecule has 0 saturated heterocycles. The largest absolute Gasteiger partial charge is 0.480 e. The number of imidazole rings is 1. The van der Waals surface area contributed by atoms with Gasteiger partial charge in [-0.15, -0.1) is 0 Å². The number of carboxylic acid groups (broad SMARTS) is 1. The van der Waals surface area contributed by atoms with E-state index in [9.17, 15) is 14.4 Å². The van der Waals surface area contributed by atoms with E-state index in [4.69, 9.17) is 15.6 Å². The van der Waals surface area contributed by atoms with Crippen molar-refractivity contribution in [1.29, 1.82) is 0 Å². The van der Waals surface area contributed by atoms with Gasteiger partial charge in [-0.3, -0.25) is 9.59 Å². The van der Waals surface area contributed by atoms with Crippen LogP contribution in [0.25, 0.3) is 0 Å². The summed E-state index contributed by atoms with van der Waals surface area (Å²) < 4.78 is 7.54. The number of ether oxygens (including phenoxy) is 1. The molecule has 10 N–H and O–H groups in total. The molecule has 2 aromatic heterocycles. The van der Waals surface area contributed by atoms with Crippen molar-refractivity contribution >= 4 is 61.2 Å². The number of amides is 1. The zero-order valence-corrected chi connectivity index (χ0v) is 21.3. The highest BCUT2D eigenvalue weighted by atomic mass is 79.9. The van der Waals surface area contributed by atoms with Crippen LogP contribution in [0.5, 0.6) is 5.75 Å². The number of rotatable bonds is 8. The van der Waals surface area contributed by atoms with Crippen LogP contribution in [0.3, 0.4) is 0 Å². The Morgan fingerprint density at radius 3 is 2.69 bits per heavy atom. The van der Waals surface area contributed by atoms with Gasteiger partial charge >= 0.3 is 5.97 Å². The van der Waals surface area contributed by atoms with Gasteiger partial charge in [0.1, 0.15) is 11.4 Å². The van der Waals surface area contributed by atoms with Crippen LogP contribution < -0.4 is 26.8 Å². The number of H-pyrrole nitrogens is 2. The molecule has 3 atom stereocenters. The SMILES string of the molecule is Nc1ncc([C@@H]2Oc3cccc(C(=O)C[C@H]([NH3+])C(=O)O)c3N[C@H]2CNC(=O)c2cc(Br)c(Br)[nH]2)[nH]1. The number of Topliss-reactive ketones (excluding diaryl/α,β-unsaturated/α-hetero) is 1. The van der Waals surface area contributed by atoms with Gasteiger partial charge in [-0.05, 0) is 50.1 Å². The summed E-state index contributed by atoms with van der Waals surface area (Å²) in [6.45, 7) is 0.117. The summed E-state index contributed by atoms with van der Waals surface area (Å²) in [6, 6.07) is 4.95. The molecule has 0 spiro atoms. The standard InChI is InChI=1S/C21H21Br2N7O5/c22-9-4-11(29-18(9)23)19(32)26-6-12-17(13-7-27-21(25)30-13)35-15-3-1-2-8(16(15)28-12)14(31)5-10(24)20(33)34/h1-4,7,10,12,17,28-29H,5-6,24H2,(H,26,32)(H,33,34)(H3,25,27,30)/p+1/t10-,12-,17+/m0/s1. The second-order valence-corrected chi connectivity index (χ2v) is 9.56. The molecular weight excluding hydrogens is 590 g/mol. The average Bonchev–Trinajstić information content (AvgIpc) is 3.41. The Hall–Kier alpha value is -3.36. The maximum atomic E-state index is 12.9. The number of quaternary nitrogens is 1. The number of hydrogen-bond acceptors (Lipinski definition) is 7. The van der Waals surface area contributed by atoms with Gasteiger partial charge in [-0.1, -0.05) is 6.07 Å². The van der Waals surface area contributed by atoms with Crippen LogP contribution >= 0.6 is 31.9 Å². The average molecular weight is 612 g/mol. The molecule has 12 nitrogen and oxygen atoms in total. The molecule has 14 heteroatoms. The molecule has 0 fully saturated rings. The molecule has 3 aromatic rings. The number of fused-ring (bicyclic) bond motifs is 1. The molecule has 0 unspecified atom stereocenters. The molecule has 1 amide bonds. The molecule has 0 aliphatic carbocycles. The summed E-state index contributed by atoms with van der Waals surface area (Å²) in [4.78, 5) is 46.6. The van der Waals surface area contributed by atoms with Gasteiger partial charge in [-0.2, -0.15) is 0 Å². The minimum Gasteiger partial charge on any atom is -0.480 e. The number of carboxylic acids is 1. The summed E-state index contributed by atoms with van der Waals surface area (Å²) in [5.41, 5.74) is 10.9. The molecule has 1 aliphatic heterocycles. The van der Waals surface area contributed by atoms with Gasteiger partial charge in [0.25, 0.3) is 5.91 Å². The normalized spacial score (nSPS) is 17.6. The number of hydrogen-bond donors (Lipinski definition) is 7. The molecule has 0 saturated carbocycles. The molecule has 1 aromatic carbocycles. The highest BCUT2D eigenvalue weighted by Gasteiger charge is 2.35. The minimum atomic E-state index is -1.16. The number of nitrogens with one attached hydrogen (secondary N) is 4. The van der Waals surface area contributed by atoms with Crippen LogP contribution in [-0.4, -0.2) is 56.3 Å². The summed E-state index contributed by atoms with van der Waals surface area (Å²) in [5, 5.41) is 15.3. The number of halogens is 2. The Morgan fingerprint density at radius 2 is 2.06 bits per heavy atom. The minimum absolute atomic E-state index is 0.117. The molecule has 184 valence electrons. The van der Waals surface area contributed by atoms with Gasteiger partial charge in [0.15, 0.2) is 23.9 Å². The Bertz CT molecular complexity index is 1270. The summed E-state index contributed by atoms with van der Waals surface area (Å²) in [6.07, 6.45) is 0.640. The molecule has 3 heterocycles. The Kier molecular flexibility index (Phi) is 7.14. The van der Waals surface area contributed by atoms with Crippen LogP contribution in [0.1, 0.15) is 39.1 Å². The van der Waals surface area contributed by atoms with Crippen molar-refractivity contribution in [3.8, 4) is 5.75 Å². The van der Waals surface area contributed by atoms with E-state index in [-0.39, 0.29) is 30.4 Å². The number of anilines is 2. The second kappa shape index (κ2) is 10.1. The maximum Gasteiger partial charge on any atom is 0.362 e. The van der Waals surface area contributed by atoms with E-state index in [1.807, 2.05) is 0 Å². The van der Waals surface area contributed by atoms with Crippen molar-refractivity contribution in [3.63, 3.8) is 0 Å². The van der Waals surface area contributed by atoms with E-state index in [1.165, 1.54) is 6.20 Å². The van der Waals surface area contributed by atoms with Crippen LogP contribution in [0, 0.1) is 0 Å². The van der Waals surface area contributed by atoms with E-state index in [2.05, 4.69) is 63.2 Å². The number of carbonyl (C=O) groups is 3. The number of para-hydroxylation sites is 1. The van der Waals surface area contributed by atoms with E-state index >= 15 is 0 Å². The van der Waals surface area contributed by atoms with Crippen molar-refractivity contribution in [2.75, 3.05) is 17.6 Å². The van der Waals surface area contributed by atoms with Gasteiger partial charge in [0, 0.05) is 12.1 Å². The Labute approximate surface area is 215 Å². The molecule has 4 rings (SSSR count). The first-order chi connectivity index (χ1) is 16.6. The van der Waals surface area contributed by atoms with Crippen LogP contribution in [0.15, 0.2) is 39.5 Å². The van der Waals surface area contributed by atoms with Crippen molar-refractivity contribution in [3.05, 3.63) is 56.5 Å². The lowest BCUT2D eigenvalue weighted by Crippen LogP contribution is -2.65. The third kappa shape index (κ3) is 5.33. The quantitative estimate of drug-likeness (QED) is 0.185. The van der Waals surface area contributed by atoms with Gasteiger partial charge in [0.2, 0.25) is 0 Å². The van der Waals surface area contributed by atoms with E-state index < -0.39 is 29.9 Å². The van der Waals surface area contributed by atoms with Crippen molar-refractivity contribution < 1.29 is 30.0 Å². The smallest absolute Gasteiger partial charge is 0.362 e. The van der Waals surface area contributed by atoms with Gasteiger partial charge < -0.3 is 41.9 Å². The molecule has 35 heavy (non-hydrogen) atoms. The van der Waals surface area contributed by atoms with Crippen LogP contribution in [0.4, 0.5) is 11.6 Å². The summed E-state index contributed by atoms with van der Waals surface area (Å²) in [7, 11) is 0. The number of benzene rings is 1. The predicted octanol–water partition coefficient (Wildman–Crippen LogP) is 1.46. The fourth-order valence-electron chi connectivity index (χ4n) is 3.67. The van der Waals surface area contributed by atoms with E-state index in [0.717, 1.165) is 0 Å². The number of aromatic amines is 2. The second-order valence-electron chi connectivity index (χ2n) is 7.91. The Morgan fingerprint density at radius 1 is 1.29 bits per heavy atom. The van der Waals surface area contributed by atoms with Crippen molar-refractivity contribution in [2.45, 2.75) is 24.6 Å². The maximum absolute atomic E-state index is 12.9. The first kappa shape index (κ1) is 24.8. The zero-order valence-electron chi connectivity index (χ0n) is 18.1. The number of ketones is 1. The van der Waals surface area contributed by atoms with Crippen molar-refractivity contribution in [1.82, 2.24) is 20.3 Å². The van der Waals surface area contributed by atoms with Gasteiger partial charge in [0.05, 0.1) is 39.1 Å². The fraction of sp³-hybridized carbons (Fsp3) is 0.238. The van der Waals surface area contributed by atoms with Gasteiger partial charge in [-0.25, -0.2) is 9.78 Å². The topological polar surface area (TPSA) is 203 Å². The lowest BCUT2D eigenvalue weighted by atomic mass is 9.98. The van der Waals surface area contributed by atoms with Crippen LogP contribution in [-0.2, 0) is 4.79 Å². The summed E-state index contributed by atoms with van der Waals surface area (Å²) >= 11 is 6.64.